The Kier molecular flexibility index (Phi) is 10.3. The van der Waals surface area contributed by atoms with Crippen LogP contribution in [0.5, 0.6) is 0 Å². The summed E-state index contributed by atoms with van der Waals surface area (Å²) in [5.41, 5.74) is 0. The molecule has 0 bridgehead atoms. The fourth-order valence-corrected chi connectivity index (χ4v) is 5.17. The zero-order valence-electron chi connectivity index (χ0n) is 12.0. The Hall–Kier alpha value is 0.0925. The second-order valence-electron chi connectivity index (χ2n) is 5.73. The minimum Gasteiger partial charge on any atom is -0.205 e. The molecule has 0 heterocycles. The molecule has 16 heavy (non-hydrogen) atoms. The largest absolute Gasteiger partial charge is 0.376 e. The van der Waals surface area contributed by atoms with Gasteiger partial charge in [0.1, 0.15) is 0 Å². The smallest absolute Gasteiger partial charge is 0.205 e. The van der Waals surface area contributed by atoms with Crippen molar-refractivity contribution in [2.24, 2.45) is 11.8 Å². The summed E-state index contributed by atoms with van der Waals surface area (Å²) in [6, 6.07) is 0. The van der Waals surface area contributed by atoms with E-state index in [0.717, 1.165) is 18.3 Å². The standard InChI is InChI=1S/C7H11.2C4H9.Al/c1-3-5-7-6-4-2;2*1-4(2)3;/h3,5-7H2,1H3;2*4H,1H2,2-3H3;. The molecule has 0 aliphatic carbocycles. The van der Waals surface area contributed by atoms with Crippen LogP contribution in [-0.2, 0) is 0 Å². The number of hydrogen-bond acceptors (Lipinski definition) is 0. The highest BCUT2D eigenvalue weighted by molar-refractivity contribution is 6.67. The predicted octanol–water partition coefficient (Wildman–Crippen LogP) is 4.92. The molecule has 0 aliphatic rings. The molecule has 0 amide bonds. The lowest BCUT2D eigenvalue weighted by atomic mass is 10.2. The van der Waals surface area contributed by atoms with Gasteiger partial charge in [0.2, 0.25) is 0 Å². The van der Waals surface area contributed by atoms with Crippen molar-refractivity contribution >= 4 is 14.1 Å². The Morgan fingerprint density at radius 3 is 1.94 bits per heavy atom. The third kappa shape index (κ3) is 10.6. The number of hydrogen-bond donors (Lipinski definition) is 0. The minimum absolute atomic E-state index is 0.762. The summed E-state index contributed by atoms with van der Waals surface area (Å²) in [6.45, 7) is 11.6. The van der Waals surface area contributed by atoms with E-state index in [1.807, 2.05) is 0 Å². The summed E-state index contributed by atoms with van der Waals surface area (Å²) in [5, 5.41) is 2.80. The summed E-state index contributed by atoms with van der Waals surface area (Å²) in [4.78, 5) is 3.63. The van der Waals surface area contributed by atoms with E-state index in [-0.39, 0.29) is 0 Å². The number of rotatable bonds is 7. The lowest BCUT2D eigenvalue weighted by molar-refractivity contribution is 0.695. The Balaban J connectivity index is 3.97. The topological polar surface area (TPSA) is 0 Å². The van der Waals surface area contributed by atoms with E-state index < -0.39 is 14.1 Å². The van der Waals surface area contributed by atoms with Crippen LogP contribution in [0.25, 0.3) is 0 Å². The molecule has 0 aromatic rings. The second kappa shape index (κ2) is 10.3. The monoisotopic (exact) mass is 236 g/mol. The van der Waals surface area contributed by atoms with Crippen LogP contribution in [-0.4, -0.2) is 14.1 Å². The van der Waals surface area contributed by atoms with Crippen LogP contribution in [0, 0.1) is 22.5 Å². The van der Waals surface area contributed by atoms with Crippen LogP contribution >= 0.6 is 0 Å². The molecule has 0 atom stereocenters. The van der Waals surface area contributed by atoms with Crippen molar-refractivity contribution < 1.29 is 0 Å². The zero-order valence-corrected chi connectivity index (χ0v) is 13.1. The summed E-state index contributed by atoms with van der Waals surface area (Å²) in [5.74, 6) is 5.11. The number of unbranched alkanes of at least 4 members (excludes halogenated alkanes) is 3. The Morgan fingerprint density at radius 2 is 1.50 bits per heavy atom. The van der Waals surface area contributed by atoms with Crippen molar-refractivity contribution in [2.75, 3.05) is 0 Å². The molecule has 0 N–H and O–H groups in total. The van der Waals surface area contributed by atoms with Gasteiger partial charge in [-0.05, 0) is 6.42 Å². The molecule has 0 unspecified atom stereocenters. The Labute approximate surface area is 108 Å². The van der Waals surface area contributed by atoms with E-state index in [1.165, 1.54) is 29.8 Å². The fraction of sp³-hybridized carbons (Fsp3) is 0.867. The van der Waals surface area contributed by atoms with Crippen LogP contribution in [0.1, 0.15) is 60.3 Å². The van der Waals surface area contributed by atoms with Gasteiger partial charge < -0.3 is 0 Å². The van der Waals surface area contributed by atoms with Crippen LogP contribution in [0.2, 0.25) is 10.6 Å². The molecule has 0 aromatic heterocycles. The molecule has 0 rings (SSSR count). The molecule has 0 radical (unpaired) electrons. The van der Waals surface area contributed by atoms with Crippen molar-refractivity contribution in [3.8, 4) is 10.7 Å². The van der Waals surface area contributed by atoms with Gasteiger partial charge in [0.05, 0.1) is 0 Å². The lowest BCUT2D eigenvalue weighted by Gasteiger charge is -2.10. The van der Waals surface area contributed by atoms with E-state index in [0.29, 0.717) is 0 Å². The van der Waals surface area contributed by atoms with Crippen LogP contribution in [0.4, 0.5) is 0 Å². The summed E-state index contributed by atoms with van der Waals surface area (Å²) in [7, 11) is 0. The molecule has 0 aliphatic heterocycles. The lowest BCUT2D eigenvalue weighted by Crippen LogP contribution is -2.15. The van der Waals surface area contributed by atoms with E-state index in [2.05, 4.69) is 45.3 Å². The third-order valence-electron chi connectivity index (χ3n) is 2.72. The molecule has 0 nitrogen and oxygen atoms in total. The van der Waals surface area contributed by atoms with Crippen molar-refractivity contribution in [1.29, 1.82) is 0 Å². The SMILES string of the molecule is CCCCCC#[C][Al]([CH2]C(C)C)[CH2]C(C)C. The molecule has 1 heteroatoms. The van der Waals surface area contributed by atoms with Gasteiger partial charge in [-0.25, -0.2) is 4.78 Å². The van der Waals surface area contributed by atoms with Crippen molar-refractivity contribution in [3.63, 3.8) is 0 Å². The quantitative estimate of drug-likeness (QED) is 0.334. The van der Waals surface area contributed by atoms with Gasteiger partial charge in [0.25, 0.3) is 0 Å². The van der Waals surface area contributed by atoms with E-state index >= 15 is 0 Å². The molecule has 0 spiro atoms. The average molecular weight is 236 g/mol. The van der Waals surface area contributed by atoms with Gasteiger partial charge in [0.15, 0.2) is 0 Å². The predicted molar refractivity (Wildman–Crippen MR) is 77.0 cm³/mol. The van der Waals surface area contributed by atoms with Gasteiger partial charge in [-0.15, -0.1) is 5.92 Å². The highest BCUT2D eigenvalue weighted by Crippen LogP contribution is 2.13. The maximum Gasteiger partial charge on any atom is 0.376 e. The van der Waals surface area contributed by atoms with Crippen molar-refractivity contribution in [3.05, 3.63) is 0 Å². The summed E-state index contributed by atoms with van der Waals surface area (Å²) in [6.07, 6.45) is 5.08. The average Bonchev–Trinajstić information content (AvgIpc) is 2.15. The zero-order chi connectivity index (χ0) is 12.4. The molecular formula is C15H29Al. The van der Waals surface area contributed by atoms with Gasteiger partial charge in [-0.2, -0.15) is 0 Å². The van der Waals surface area contributed by atoms with Crippen molar-refractivity contribution in [2.45, 2.75) is 70.9 Å². The summed E-state index contributed by atoms with van der Waals surface area (Å²) < 4.78 is 0. The van der Waals surface area contributed by atoms with Crippen LogP contribution in [0.15, 0.2) is 0 Å². The van der Waals surface area contributed by atoms with Gasteiger partial charge >= 0.3 is 14.1 Å². The molecule has 0 aromatic carbocycles. The maximum absolute atomic E-state index is 3.63. The van der Waals surface area contributed by atoms with Crippen molar-refractivity contribution in [1.82, 2.24) is 0 Å². The first kappa shape index (κ1) is 16.1. The van der Waals surface area contributed by atoms with E-state index in [4.69, 9.17) is 0 Å². The fourth-order valence-electron chi connectivity index (χ4n) is 2.03. The Bertz CT molecular complexity index is 197. The highest BCUT2D eigenvalue weighted by atomic mass is 27.2. The van der Waals surface area contributed by atoms with Gasteiger partial charge in [-0.1, -0.05) is 69.9 Å². The first-order valence-corrected chi connectivity index (χ1v) is 9.25. The third-order valence-corrected chi connectivity index (χ3v) is 6.36. The molecule has 92 valence electrons. The van der Waals surface area contributed by atoms with Gasteiger partial charge in [-0.3, -0.25) is 0 Å². The molecule has 0 fully saturated rings. The maximum atomic E-state index is 3.63. The van der Waals surface area contributed by atoms with Crippen LogP contribution < -0.4 is 0 Å². The molecule has 0 saturated carbocycles. The van der Waals surface area contributed by atoms with E-state index in [9.17, 15) is 0 Å². The minimum atomic E-state index is -0.762. The molecular weight excluding hydrogens is 207 g/mol. The second-order valence-corrected chi connectivity index (χ2v) is 8.36. The van der Waals surface area contributed by atoms with Crippen LogP contribution in [0.3, 0.4) is 0 Å². The Morgan fingerprint density at radius 1 is 0.938 bits per heavy atom. The first-order valence-electron chi connectivity index (χ1n) is 7.04. The van der Waals surface area contributed by atoms with Gasteiger partial charge in [0, 0.05) is 6.42 Å². The normalized spacial score (nSPS) is 10.4. The summed E-state index contributed by atoms with van der Waals surface area (Å²) >= 11 is -0.762. The first-order chi connectivity index (χ1) is 7.56. The highest BCUT2D eigenvalue weighted by Gasteiger charge is 2.18. The molecule has 0 saturated heterocycles. The van der Waals surface area contributed by atoms with E-state index in [1.54, 1.807) is 0 Å².